The van der Waals surface area contributed by atoms with Crippen LogP contribution in [0.5, 0.6) is 0 Å². The SMILES string of the molecule is Cc1cncc(C(=O)N2CCC(N3CCNCC3)C2)c1.Cl.Cl. The van der Waals surface area contributed by atoms with Crippen molar-refractivity contribution in [1.29, 1.82) is 0 Å². The number of piperazine rings is 1. The van der Waals surface area contributed by atoms with Crippen molar-refractivity contribution < 1.29 is 4.79 Å². The van der Waals surface area contributed by atoms with Crippen molar-refractivity contribution in [2.75, 3.05) is 39.3 Å². The maximum Gasteiger partial charge on any atom is 0.255 e. The molecule has 1 atom stereocenters. The summed E-state index contributed by atoms with van der Waals surface area (Å²) in [5.41, 5.74) is 1.75. The number of carbonyl (C=O) groups is 1. The van der Waals surface area contributed by atoms with E-state index in [0.717, 1.165) is 51.3 Å². The molecule has 3 heterocycles. The fourth-order valence-corrected chi connectivity index (χ4v) is 3.13. The summed E-state index contributed by atoms with van der Waals surface area (Å²) in [6.45, 7) is 8.00. The first kappa shape index (κ1) is 19.2. The van der Waals surface area contributed by atoms with E-state index in [1.165, 1.54) is 0 Å². The third-order valence-corrected chi connectivity index (χ3v) is 4.24. The van der Waals surface area contributed by atoms with Gasteiger partial charge in [-0.3, -0.25) is 14.7 Å². The number of rotatable bonds is 2. The number of nitrogens with one attached hydrogen (secondary N) is 1. The van der Waals surface area contributed by atoms with Gasteiger partial charge in [0.25, 0.3) is 5.91 Å². The van der Waals surface area contributed by atoms with Crippen molar-refractivity contribution in [2.45, 2.75) is 19.4 Å². The number of likely N-dealkylation sites (tertiary alicyclic amines) is 1. The summed E-state index contributed by atoms with van der Waals surface area (Å²) in [5, 5.41) is 3.37. The Bertz CT molecular complexity index is 494. The Morgan fingerprint density at radius 2 is 1.95 bits per heavy atom. The fraction of sp³-hybridized carbons (Fsp3) is 0.600. The van der Waals surface area contributed by atoms with Crippen LogP contribution in [0.1, 0.15) is 22.3 Å². The lowest BCUT2D eigenvalue weighted by atomic mass is 10.2. The van der Waals surface area contributed by atoms with Gasteiger partial charge in [-0.1, -0.05) is 0 Å². The quantitative estimate of drug-likeness (QED) is 0.878. The van der Waals surface area contributed by atoms with Crippen molar-refractivity contribution in [3.8, 4) is 0 Å². The molecule has 1 amide bonds. The van der Waals surface area contributed by atoms with Gasteiger partial charge < -0.3 is 10.2 Å². The molecular formula is C15H24Cl2N4O. The molecular weight excluding hydrogens is 323 g/mol. The third-order valence-electron chi connectivity index (χ3n) is 4.24. The molecule has 2 aliphatic rings. The number of carbonyl (C=O) groups excluding carboxylic acids is 1. The standard InChI is InChI=1S/C15H22N4O.2ClH/c1-12-8-13(10-17-9-12)15(20)19-5-2-14(11-19)18-6-3-16-4-7-18;;/h8-10,14,16H,2-7,11H2,1H3;2*1H. The minimum absolute atomic E-state index is 0. The van der Waals surface area contributed by atoms with Crippen LogP contribution < -0.4 is 5.32 Å². The lowest BCUT2D eigenvalue weighted by molar-refractivity contribution is 0.0773. The Morgan fingerprint density at radius 3 is 2.64 bits per heavy atom. The Kier molecular flexibility index (Phi) is 7.56. The molecule has 2 saturated heterocycles. The van der Waals surface area contributed by atoms with Gasteiger partial charge in [0.1, 0.15) is 0 Å². The number of pyridine rings is 1. The van der Waals surface area contributed by atoms with Crippen LogP contribution in [-0.2, 0) is 0 Å². The Morgan fingerprint density at radius 1 is 1.23 bits per heavy atom. The zero-order valence-corrected chi connectivity index (χ0v) is 14.5. The van der Waals surface area contributed by atoms with Gasteiger partial charge in [-0.15, -0.1) is 24.8 Å². The number of aromatic nitrogens is 1. The number of hydrogen-bond acceptors (Lipinski definition) is 4. The second-order valence-electron chi connectivity index (χ2n) is 5.73. The molecule has 0 aromatic carbocycles. The van der Waals surface area contributed by atoms with Crippen molar-refractivity contribution in [1.82, 2.24) is 20.1 Å². The molecule has 7 heteroatoms. The number of aryl methyl sites for hydroxylation is 1. The summed E-state index contributed by atoms with van der Waals surface area (Å²) in [7, 11) is 0. The average Bonchev–Trinajstić information content (AvgIpc) is 2.97. The Hall–Kier alpha value is -0.880. The topological polar surface area (TPSA) is 48.5 Å². The molecule has 0 bridgehead atoms. The molecule has 5 nitrogen and oxygen atoms in total. The lowest BCUT2D eigenvalue weighted by Crippen LogP contribution is -2.49. The summed E-state index contributed by atoms with van der Waals surface area (Å²) < 4.78 is 0. The van der Waals surface area contributed by atoms with Crippen LogP contribution in [0.4, 0.5) is 0 Å². The zero-order chi connectivity index (χ0) is 13.9. The summed E-state index contributed by atoms with van der Waals surface area (Å²) in [6, 6.07) is 2.45. The van der Waals surface area contributed by atoms with E-state index >= 15 is 0 Å². The molecule has 2 aliphatic heterocycles. The number of amides is 1. The van der Waals surface area contributed by atoms with E-state index in [4.69, 9.17) is 0 Å². The summed E-state index contributed by atoms with van der Waals surface area (Å²) in [5.74, 6) is 0.124. The molecule has 0 aliphatic carbocycles. The van der Waals surface area contributed by atoms with E-state index in [9.17, 15) is 4.79 Å². The van der Waals surface area contributed by atoms with Crippen LogP contribution in [0.25, 0.3) is 0 Å². The minimum Gasteiger partial charge on any atom is -0.337 e. The molecule has 0 saturated carbocycles. The molecule has 0 spiro atoms. The molecule has 1 unspecified atom stereocenters. The largest absolute Gasteiger partial charge is 0.337 e. The minimum atomic E-state index is 0. The van der Waals surface area contributed by atoms with E-state index in [1.807, 2.05) is 17.9 Å². The van der Waals surface area contributed by atoms with E-state index in [0.29, 0.717) is 11.6 Å². The fourth-order valence-electron chi connectivity index (χ4n) is 3.13. The van der Waals surface area contributed by atoms with E-state index in [2.05, 4.69) is 15.2 Å². The third kappa shape index (κ3) is 4.32. The predicted octanol–water partition coefficient (Wildman–Crippen LogP) is 1.35. The van der Waals surface area contributed by atoms with Crippen LogP contribution in [0.15, 0.2) is 18.5 Å². The summed E-state index contributed by atoms with van der Waals surface area (Å²) >= 11 is 0. The maximum atomic E-state index is 12.5. The van der Waals surface area contributed by atoms with Gasteiger partial charge in [-0.2, -0.15) is 0 Å². The second kappa shape index (κ2) is 8.67. The van der Waals surface area contributed by atoms with E-state index in [1.54, 1.807) is 12.4 Å². The van der Waals surface area contributed by atoms with Crippen molar-refractivity contribution in [2.24, 2.45) is 0 Å². The van der Waals surface area contributed by atoms with E-state index < -0.39 is 0 Å². The molecule has 3 rings (SSSR count). The van der Waals surface area contributed by atoms with Crippen LogP contribution in [0.3, 0.4) is 0 Å². The van der Waals surface area contributed by atoms with Gasteiger partial charge >= 0.3 is 0 Å². The zero-order valence-electron chi connectivity index (χ0n) is 12.8. The molecule has 1 N–H and O–H groups in total. The van der Waals surface area contributed by atoms with Gasteiger partial charge in [0, 0.05) is 57.7 Å². The lowest BCUT2D eigenvalue weighted by Gasteiger charge is -2.32. The maximum absolute atomic E-state index is 12.5. The average molecular weight is 347 g/mol. The first-order valence-corrected chi connectivity index (χ1v) is 7.40. The van der Waals surface area contributed by atoms with Crippen molar-refractivity contribution in [3.63, 3.8) is 0 Å². The van der Waals surface area contributed by atoms with Crippen molar-refractivity contribution >= 4 is 30.7 Å². The van der Waals surface area contributed by atoms with Crippen molar-refractivity contribution in [3.05, 3.63) is 29.6 Å². The number of halogens is 2. The summed E-state index contributed by atoms with van der Waals surface area (Å²) in [6.07, 6.45) is 4.54. The smallest absolute Gasteiger partial charge is 0.255 e. The van der Waals surface area contributed by atoms with Crippen LogP contribution in [-0.4, -0.2) is 66.0 Å². The highest BCUT2D eigenvalue weighted by molar-refractivity contribution is 5.94. The first-order chi connectivity index (χ1) is 9.74. The molecule has 124 valence electrons. The van der Waals surface area contributed by atoms with Gasteiger partial charge in [0.05, 0.1) is 5.56 Å². The normalized spacial score (nSPS) is 21.9. The Balaban J connectivity index is 0.00000121. The van der Waals surface area contributed by atoms with Crippen LogP contribution >= 0.6 is 24.8 Å². The second-order valence-corrected chi connectivity index (χ2v) is 5.73. The first-order valence-electron chi connectivity index (χ1n) is 7.40. The number of nitrogens with zero attached hydrogens (tertiary/aromatic N) is 3. The Labute approximate surface area is 144 Å². The molecule has 1 aromatic heterocycles. The highest BCUT2D eigenvalue weighted by atomic mass is 35.5. The predicted molar refractivity (Wildman–Crippen MR) is 92.2 cm³/mol. The van der Waals surface area contributed by atoms with Crippen LogP contribution in [0.2, 0.25) is 0 Å². The van der Waals surface area contributed by atoms with Gasteiger partial charge in [0.2, 0.25) is 0 Å². The monoisotopic (exact) mass is 346 g/mol. The summed E-state index contributed by atoms with van der Waals surface area (Å²) in [4.78, 5) is 21.1. The molecule has 0 radical (unpaired) electrons. The highest BCUT2D eigenvalue weighted by Gasteiger charge is 2.31. The van der Waals surface area contributed by atoms with E-state index in [-0.39, 0.29) is 30.7 Å². The molecule has 22 heavy (non-hydrogen) atoms. The molecule has 2 fully saturated rings. The van der Waals surface area contributed by atoms with Gasteiger partial charge in [-0.05, 0) is 25.0 Å². The molecule has 1 aromatic rings. The van der Waals surface area contributed by atoms with Gasteiger partial charge in [0.15, 0.2) is 0 Å². The highest BCUT2D eigenvalue weighted by Crippen LogP contribution is 2.18. The van der Waals surface area contributed by atoms with Crippen LogP contribution in [0, 0.1) is 6.92 Å². The number of hydrogen-bond donors (Lipinski definition) is 1. The van der Waals surface area contributed by atoms with Gasteiger partial charge in [-0.25, -0.2) is 0 Å².